The number of benzene rings is 2. The number of halogens is 1. The average Bonchev–Trinajstić information content (AvgIpc) is 2.98. The molecule has 34 heavy (non-hydrogen) atoms. The Balaban J connectivity index is 0.00000324. The van der Waals surface area contributed by atoms with Gasteiger partial charge in [-0.2, -0.15) is 0 Å². The molecule has 1 aliphatic carbocycles. The van der Waals surface area contributed by atoms with Crippen LogP contribution in [0.25, 0.3) is 17.7 Å². The van der Waals surface area contributed by atoms with Crippen LogP contribution in [-0.4, -0.2) is 42.4 Å². The molecule has 5 nitrogen and oxygen atoms in total. The molecule has 2 aromatic rings. The second kappa shape index (κ2) is 10.6. The molecule has 2 amide bonds. The van der Waals surface area contributed by atoms with Gasteiger partial charge in [-0.3, -0.25) is 9.59 Å². The van der Waals surface area contributed by atoms with Crippen molar-refractivity contribution in [3.63, 3.8) is 0 Å². The SMILES string of the molecule is CC(C)(C)C(=O)NC[C@@H](N)C(=O)N1CCC(=C2c3ccccc3C=Cc3ccccc32)CC1.Cl. The smallest absolute Gasteiger partial charge is 0.241 e. The van der Waals surface area contributed by atoms with E-state index in [1.165, 1.54) is 33.4 Å². The fraction of sp³-hybridized carbons (Fsp3) is 0.357. The highest BCUT2D eigenvalue weighted by Gasteiger charge is 2.28. The second-order valence-corrected chi connectivity index (χ2v) is 9.88. The highest BCUT2D eigenvalue weighted by Crippen LogP contribution is 2.38. The zero-order valence-electron chi connectivity index (χ0n) is 20.1. The van der Waals surface area contributed by atoms with Crippen molar-refractivity contribution < 1.29 is 9.59 Å². The number of piperidine rings is 1. The van der Waals surface area contributed by atoms with E-state index in [9.17, 15) is 9.59 Å². The van der Waals surface area contributed by atoms with Gasteiger partial charge in [0.05, 0.1) is 0 Å². The Kier molecular flexibility index (Phi) is 8.01. The molecule has 2 aromatic carbocycles. The predicted molar refractivity (Wildman–Crippen MR) is 141 cm³/mol. The van der Waals surface area contributed by atoms with Gasteiger partial charge >= 0.3 is 0 Å². The third-order valence-electron chi connectivity index (χ3n) is 6.42. The summed E-state index contributed by atoms with van der Waals surface area (Å²) in [5.74, 6) is -0.202. The number of hydrogen-bond donors (Lipinski definition) is 2. The van der Waals surface area contributed by atoms with Crippen molar-refractivity contribution in [2.45, 2.75) is 39.7 Å². The van der Waals surface area contributed by atoms with Crippen LogP contribution in [0.4, 0.5) is 0 Å². The van der Waals surface area contributed by atoms with E-state index in [4.69, 9.17) is 5.73 Å². The molecule has 180 valence electrons. The van der Waals surface area contributed by atoms with Crippen LogP contribution in [0.15, 0.2) is 54.1 Å². The minimum absolute atomic E-state index is 0. The maximum Gasteiger partial charge on any atom is 0.241 e. The van der Waals surface area contributed by atoms with Crippen LogP contribution in [0.1, 0.15) is 55.9 Å². The van der Waals surface area contributed by atoms with Crippen molar-refractivity contribution >= 4 is 41.9 Å². The van der Waals surface area contributed by atoms with Gasteiger partial charge in [-0.05, 0) is 40.7 Å². The van der Waals surface area contributed by atoms with Gasteiger partial charge in [-0.15, -0.1) is 12.4 Å². The summed E-state index contributed by atoms with van der Waals surface area (Å²) in [5.41, 5.74) is 13.2. The Morgan fingerprint density at radius 2 is 1.44 bits per heavy atom. The number of nitrogens with one attached hydrogen (secondary N) is 1. The lowest BCUT2D eigenvalue weighted by Gasteiger charge is -2.32. The van der Waals surface area contributed by atoms with Gasteiger partial charge in [0.15, 0.2) is 0 Å². The summed E-state index contributed by atoms with van der Waals surface area (Å²) >= 11 is 0. The molecular formula is C28H34ClN3O2. The van der Waals surface area contributed by atoms with Gasteiger partial charge in [0.1, 0.15) is 6.04 Å². The second-order valence-electron chi connectivity index (χ2n) is 9.88. The van der Waals surface area contributed by atoms with Crippen LogP contribution < -0.4 is 11.1 Å². The molecule has 2 aliphatic rings. The number of carbonyl (C=O) groups is 2. The molecule has 6 heteroatoms. The number of likely N-dealkylation sites (tertiary alicyclic amines) is 1. The van der Waals surface area contributed by atoms with E-state index in [1.807, 2.05) is 25.7 Å². The number of nitrogens with two attached hydrogens (primary N) is 1. The van der Waals surface area contributed by atoms with Crippen molar-refractivity contribution in [2.24, 2.45) is 11.1 Å². The van der Waals surface area contributed by atoms with E-state index in [2.05, 4.69) is 66.0 Å². The van der Waals surface area contributed by atoms with Crippen molar-refractivity contribution in [1.29, 1.82) is 0 Å². The zero-order valence-corrected chi connectivity index (χ0v) is 21.0. The van der Waals surface area contributed by atoms with Crippen molar-refractivity contribution in [3.05, 3.63) is 76.4 Å². The summed E-state index contributed by atoms with van der Waals surface area (Å²) in [4.78, 5) is 26.9. The summed E-state index contributed by atoms with van der Waals surface area (Å²) in [6.07, 6.45) is 5.99. The van der Waals surface area contributed by atoms with Crippen molar-refractivity contribution in [1.82, 2.24) is 10.2 Å². The highest BCUT2D eigenvalue weighted by molar-refractivity contribution is 5.95. The highest BCUT2D eigenvalue weighted by atomic mass is 35.5. The van der Waals surface area contributed by atoms with Crippen molar-refractivity contribution in [3.8, 4) is 0 Å². The van der Waals surface area contributed by atoms with Gasteiger partial charge in [-0.1, -0.05) is 87.0 Å². The molecule has 4 rings (SSSR count). The first-order valence-corrected chi connectivity index (χ1v) is 11.7. The summed E-state index contributed by atoms with van der Waals surface area (Å²) in [6.45, 7) is 6.95. The third kappa shape index (κ3) is 5.43. The van der Waals surface area contributed by atoms with E-state index in [0.29, 0.717) is 13.1 Å². The minimum atomic E-state index is -0.728. The lowest BCUT2D eigenvalue weighted by molar-refractivity contribution is -0.133. The lowest BCUT2D eigenvalue weighted by atomic mass is 9.86. The van der Waals surface area contributed by atoms with Gasteiger partial charge < -0.3 is 16.0 Å². The Morgan fingerprint density at radius 1 is 0.941 bits per heavy atom. The quantitative estimate of drug-likeness (QED) is 0.580. The first kappa shape index (κ1) is 25.7. The molecule has 0 saturated carbocycles. The monoisotopic (exact) mass is 479 g/mol. The van der Waals surface area contributed by atoms with Gasteiger partial charge in [0, 0.05) is 25.0 Å². The van der Waals surface area contributed by atoms with Crippen LogP contribution in [-0.2, 0) is 9.59 Å². The Morgan fingerprint density at radius 3 is 1.94 bits per heavy atom. The van der Waals surface area contributed by atoms with Gasteiger partial charge in [0.25, 0.3) is 0 Å². The van der Waals surface area contributed by atoms with Gasteiger partial charge in [-0.25, -0.2) is 0 Å². The number of hydrogen-bond acceptors (Lipinski definition) is 3. The topological polar surface area (TPSA) is 75.4 Å². The molecule has 0 radical (unpaired) electrons. The molecule has 0 spiro atoms. The Labute approximate surface area is 208 Å². The number of nitrogens with zero attached hydrogens (tertiary/aromatic N) is 1. The molecule has 1 atom stereocenters. The van der Waals surface area contributed by atoms with E-state index < -0.39 is 11.5 Å². The number of fused-ring (bicyclic) bond motifs is 2. The molecule has 0 aromatic heterocycles. The van der Waals surface area contributed by atoms with Crippen LogP contribution >= 0.6 is 12.4 Å². The number of rotatable bonds is 3. The fourth-order valence-corrected chi connectivity index (χ4v) is 4.48. The molecule has 1 saturated heterocycles. The molecular weight excluding hydrogens is 446 g/mol. The van der Waals surface area contributed by atoms with Crippen molar-refractivity contribution in [2.75, 3.05) is 19.6 Å². The first-order chi connectivity index (χ1) is 15.8. The van der Waals surface area contributed by atoms with E-state index >= 15 is 0 Å². The summed E-state index contributed by atoms with van der Waals surface area (Å²) < 4.78 is 0. The minimum Gasteiger partial charge on any atom is -0.354 e. The van der Waals surface area contributed by atoms with E-state index in [0.717, 1.165) is 12.8 Å². The zero-order chi connectivity index (χ0) is 23.6. The summed E-state index contributed by atoms with van der Waals surface area (Å²) in [6, 6.07) is 16.3. The normalized spacial score (nSPS) is 16.1. The molecule has 1 aliphatic heterocycles. The number of carbonyl (C=O) groups excluding carboxylic acids is 2. The van der Waals surface area contributed by atoms with Crippen LogP contribution in [0, 0.1) is 5.41 Å². The average molecular weight is 480 g/mol. The maximum absolute atomic E-state index is 12.9. The lowest BCUT2D eigenvalue weighted by Crippen LogP contribution is -2.52. The van der Waals surface area contributed by atoms with Crippen LogP contribution in [0.5, 0.6) is 0 Å². The maximum atomic E-state index is 12.9. The largest absolute Gasteiger partial charge is 0.354 e. The number of amides is 2. The summed E-state index contributed by atoms with van der Waals surface area (Å²) in [5, 5.41) is 2.80. The molecule has 3 N–H and O–H groups in total. The standard InChI is InChI=1S/C28H33N3O2.ClH/c1-28(2,3)27(33)30-18-24(29)26(32)31-16-14-21(15-17-31)25-22-10-6-4-8-19(22)12-13-20-9-5-7-11-23(20)25;/h4-13,24H,14-18,29H2,1-3H3,(H,30,33);1H/t24-;/m1./s1. The fourth-order valence-electron chi connectivity index (χ4n) is 4.48. The Bertz CT molecular complexity index is 1070. The molecule has 1 heterocycles. The molecule has 0 unspecified atom stereocenters. The molecule has 1 fully saturated rings. The van der Waals surface area contributed by atoms with Crippen LogP contribution in [0.2, 0.25) is 0 Å². The Hall–Kier alpha value is -2.89. The van der Waals surface area contributed by atoms with Crippen LogP contribution in [0.3, 0.4) is 0 Å². The van der Waals surface area contributed by atoms with E-state index in [1.54, 1.807) is 0 Å². The van der Waals surface area contributed by atoms with E-state index in [-0.39, 0.29) is 30.8 Å². The summed E-state index contributed by atoms with van der Waals surface area (Å²) in [7, 11) is 0. The molecule has 0 bridgehead atoms. The first-order valence-electron chi connectivity index (χ1n) is 11.7. The third-order valence-corrected chi connectivity index (χ3v) is 6.42. The van der Waals surface area contributed by atoms with Gasteiger partial charge in [0.2, 0.25) is 11.8 Å². The predicted octanol–water partition coefficient (Wildman–Crippen LogP) is 4.51.